The fourth-order valence-corrected chi connectivity index (χ4v) is 2.28. The summed E-state index contributed by atoms with van der Waals surface area (Å²) in [5, 5.41) is 0. The van der Waals surface area contributed by atoms with Crippen LogP contribution in [0.15, 0.2) is 48.5 Å². The maximum absolute atomic E-state index is 13.1. The third-order valence-electron chi connectivity index (χ3n) is 3.56. The fourth-order valence-electron chi connectivity index (χ4n) is 2.28. The van der Waals surface area contributed by atoms with Crippen LogP contribution in [0.3, 0.4) is 0 Å². The molecule has 0 bridgehead atoms. The van der Waals surface area contributed by atoms with E-state index in [2.05, 4.69) is 0 Å². The maximum Gasteiger partial charge on any atom is 0.227 e. The highest BCUT2D eigenvalue weighted by Gasteiger charge is 2.16. The number of carbonyl (C=O) groups excluding carboxylic acids is 2. The zero-order chi connectivity index (χ0) is 17.5. The van der Waals surface area contributed by atoms with Crippen LogP contribution in [0.25, 0.3) is 0 Å². The minimum atomic E-state index is -0.520. The second-order valence-electron chi connectivity index (χ2n) is 5.36. The molecule has 0 fully saturated rings. The topological polar surface area (TPSA) is 63.4 Å². The molecule has 6 heteroatoms. The number of rotatable bonds is 7. The second-order valence-corrected chi connectivity index (χ2v) is 5.36. The van der Waals surface area contributed by atoms with Crippen molar-refractivity contribution >= 4 is 17.5 Å². The van der Waals surface area contributed by atoms with E-state index < -0.39 is 11.7 Å². The van der Waals surface area contributed by atoms with Crippen LogP contribution in [0.1, 0.15) is 18.4 Å². The number of benzene rings is 2. The average Bonchev–Trinajstić information content (AvgIpc) is 2.56. The Morgan fingerprint density at radius 1 is 0.875 bits per heavy atom. The summed E-state index contributed by atoms with van der Waals surface area (Å²) >= 11 is 0. The molecule has 0 heterocycles. The quantitative estimate of drug-likeness (QED) is 0.847. The van der Waals surface area contributed by atoms with Gasteiger partial charge in [-0.2, -0.15) is 0 Å². The monoisotopic (exact) mass is 332 g/mol. The van der Waals surface area contributed by atoms with Gasteiger partial charge in [-0.05, 0) is 48.4 Å². The molecule has 0 spiro atoms. The Morgan fingerprint density at radius 2 is 1.42 bits per heavy atom. The minimum absolute atomic E-state index is 0.0136. The van der Waals surface area contributed by atoms with Crippen molar-refractivity contribution in [1.82, 2.24) is 0 Å². The molecule has 0 radical (unpaired) electrons. The molecule has 0 aliphatic rings. The Bertz CT molecular complexity index is 700. The van der Waals surface area contributed by atoms with Crippen molar-refractivity contribution in [3.05, 3.63) is 65.7 Å². The molecule has 2 aromatic carbocycles. The smallest absolute Gasteiger partial charge is 0.227 e. The zero-order valence-electron chi connectivity index (χ0n) is 13.0. The molecule has 0 saturated heterocycles. The summed E-state index contributed by atoms with van der Waals surface area (Å²) in [6, 6.07) is 11.4. The molecule has 2 aromatic rings. The molecular weight excluding hydrogens is 314 g/mol. The van der Waals surface area contributed by atoms with E-state index in [4.69, 9.17) is 5.73 Å². The molecule has 0 aliphatic carbocycles. The molecule has 0 unspecified atom stereocenters. The Balaban J connectivity index is 2.07. The number of nitrogens with two attached hydrogens (primary N) is 1. The van der Waals surface area contributed by atoms with Crippen LogP contribution < -0.4 is 10.6 Å². The van der Waals surface area contributed by atoms with E-state index in [-0.39, 0.29) is 31.1 Å². The molecule has 24 heavy (non-hydrogen) atoms. The highest BCUT2D eigenvalue weighted by Crippen LogP contribution is 2.17. The molecule has 0 atom stereocenters. The summed E-state index contributed by atoms with van der Waals surface area (Å²) in [5.74, 6) is -1.48. The number of hydrogen-bond acceptors (Lipinski definition) is 2. The summed E-state index contributed by atoms with van der Waals surface area (Å²) in [7, 11) is 0. The van der Waals surface area contributed by atoms with Gasteiger partial charge in [0, 0.05) is 25.1 Å². The van der Waals surface area contributed by atoms with Gasteiger partial charge in [0.05, 0.1) is 0 Å². The lowest BCUT2D eigenvalue weighted by atomic mass is 10.1. The highest BCUT2D eigenvalue weighted by molar-refractivity contribution is 5.94. The van der Waals surface area contributed by atoms with E-state index in [0.717, 1.165) is 5.56 Å². The van der Waals surface area contributed by atoms with Gasteiger partial charge in [-0.3, -0.25) is 9.59 Å². The van der Waals surface area contributed by atoms with Crippen molar-refractivity contribution in [2.75, 3.05) is 11.4 Å². The number of hydrogen-bond donors (Lipinski definition) is 1. The summed E-state index contributed by atoms with van der Waals surface area (Å²) in [4.78, 5) is 24.9. The van der Waals surface area contributed by atoms with Gasteiger partial charge in [-0.15, -0.1) is 0 Å². The molecule has 4 nitrogen and oxygen atoms in total. The number of aryl methyl sites for hydroxylation is 1. The van der Waals surface area contributed by atoms with E-state index in [1.165, 1.54) is 41.3 Å². The number of nitrogens with zero attached hydrogens (tertiary/aromatic N) is 1. The Kier molecular flexibility index (Phi) is 6.01. The number of primary amides is 1. The van der Waals surface area contributed by atoms with Crippen molar-refractivity contribution in [3.8, 4) is 0 Å². The first-order chi connectivity index (χ1) is 11.5. The maximum atomic E-state index is 13.1. The van der Waals surface area contributed by atoms with Crippen molar-refractivity contribution in [2.24, 2.45) is 5.73 Å². The largest absolute Gasteiger partial charge is 0.370 e. The van der Waals surface area contributed by atoms with Gasteiger partial charge >= 0.3 is 0 Å². The molecule has 0 saturated carbocycles. The molecule has 2 N–H and O–H groups in total. The van der Waals surface area contributed by atoms with Crippen LogP contribution in [0.2, 0.25) is 0 Å². The van der Waals surface area contributed by atoms with E-state index in [1.807, 2.05) is 0 Å². The first kappa shape index (κ1) is 17.6. The van der Waals surface area contributed by atoms with Crippen LogP contribution in [0.5, 0.6) is 0 Å². The van der Waals surface area contributed by atoms with Gasteiger partial charge in [0.2, 0.25) is 11.8 Å². The van der Waals surface area contributed by atoms with Gasteiger partial charge < -0.3 is 10.6 Å². The van der Waals surface area contributed by atoms with Gasteiger partial charge in [0.1, 0.15) is 11.6 Å². The lowest BCUT2D eigenvalue weighted by Crippen LogP contribution is -2.34. The molecule has 2 amide bonds. The number of amides is 2. The molecule has 0 aromatic heterocycles. The molecule has 126 valence electrons. The van der Waals surface area contributed by atoms with Gasteiger partial charge in [0.25, 0.3) is 0 Å². The number of halogens is 2. The minimum Gasteiger partial charge on any atom is -0.370 e. The average molecular weight is 332 g/mol. The third-order valence-corrected chi connectivity index (χ3v) is 3.56. The Hall–Kier alpha value is -2.76. The fraction of sp³-hybridized carbons (Fsp3) is 0.222. The Morgan fingerprint density at radius 3 is 1.96 bits per heavy atom. The second kappa shape index (κ2) is 8.19. The number of carbonyl (C=O) groups is 2. The van der Waals surface area contributed by atoms with Crippen LogP contribution >= 0.6 is 0 Å². The van der Waals surface area contributed by atoms with Crippen molar-refractivity contribution in [3.63, 3.8) is 0 Å². The van der Waals surface area contributed by atoms with E-state index in [1.54, 1.807) is 12.1 Å². The summed E-state index contributed by atoms with van der Waals surface area (Å²) in [5.41, 5.74) is 6.48. The van der Waals surface area contributed by atoms with E-state index in [0.29, 0.717) is 12.1 Å². The van der Waals surface area contributed by atoms with Crippen LogP contribution in [-0.4, -0.2) is 18.4 Å². The van der Waals surface area contributed by atoms with Crippen LogP contribution in [-0.2, 0) is 16.0 Å². The van der Waals surface area contributed by atoms with E-state index in [9.17, 15) is 18.4 Å². The lowest BCUT2D eigenvalue weighted by Gasteiger charge is -2.22. The molecule has 2 rings (SSSR count). The standard InChI is InChI=1S/C18H18F2N2O2/c19-14-4-1-13(2-5-14)3-10-18(24)22(12-11-17(21)23)16-8-6-15(20)7-9-16/h1-2,4-9H,3,10-12H2,(H2,21,23). The summed E-state index contributed by atoms with van der Waals surface area (Å²) in [6.07, 6.45) is 0.634. The SMILES string of the molecule is NC(=O)CCN(C(=O)CCc1ccc(F)cc1)c1ccc(F)cc1. The van der Waals surface area contributed by atoms with Gasteiger partial charge in [0.15, 0.2) is 0 Å². The molecule has 0 aliphatic heterocycles. The van der Waals surface area contributed by atoms with Crippen molar-refractivity contribution < 1.29 is 18.4 Å². The predicted molar refractivity (Wildman–Crippen MR) is 87.3 cm³/mol. The van der Waals surface area contributed by atoms with Crippen LogP contribution in [0.4, 0.5) is 14.5 Å². The van der Waals surface area contributed by atoms with Crippen molar-refractivity contribution in [2.45, 2.75) is 19.3 Å². The van der Waals surface area contributed by atoms with Gasteiger partial charge in [-0.1, -0.05) is 12.1 Å². The Labute approximate surface area is 138 Å². The third kappa shape index (κ3) is 5.15. The van der Waals surface area contributed by atoms with Crippen LogP contribution in [0, 0.1) is 11.6 Å². The normalized spacial score (nSPS) is 10.4. The predicted octanol–water partition coefficient (Wildman–Crippen LogP) is 2.81. The van der Waals surface area contributed by atoms with Crippen molar-refractivity contribution in [1.29, 1.82) is 0 Å². The zero-order valence-corrected chi connectivity index (χ0v) is 13.0. The first-order valence-electron chi connectivity index (χ1n) is 7.54. The summed E-state index contributed by atoms with van der Waals surface area (Å²) < 4.78 is 26.0. The lowest BCUT2D eigenvalue weighted by molar-refractivity contribution is -0.119. The van der Waals surface area contributed by atoms with Gasteiger partial charge in [-0.25, -0.2) is 8.78 Å². The molecular formula is C18H18F2N2O2. The first-order valence-corrected chi connectivity index (χ1v) is 7.54. The summed E-state index contributed by atoms with van der Waals surface area (Å²) in [6.45, 7) is 0.128. The highest BCUT2D eigenvalue weighted by atomic mass is 19.1. The number of anilines is 1. The van der Waals surface area contributed by atoms with E-state index >= 15 is 0 Å².